The Morgan fingerprint density at radius 1 is 1.38 bits per heavy atom. The van der Waals surface area contributed by atoms with Crippen LogP contribution in [0.2, 0.25) is 0 Å². The molecule has 6 heteroatoms. The minimum Gasteiger partial charge on any atom is -0.246 e. The van der Waals surface area contributed by atoms with Crippen molar-refractivity contribution in [2.45, 2.75) is 12.1 Å². The van der Waals surface area contributed by atoms with Gasteiger partial charge in [0.1, 0.15) is 3.70 Å². The van der Waals surface area contributed by atoms with Gasteiger partial charge < -0.3 is 0 Å². The molecule has 0 aliphatic heterocycles. The monoisotopic (exact) mass is 321 g/mol. The maximum Gasteiger partial charge on any atom is 0.416 e. The van der Waals surface area contributed by atoms with Crippen molar-refractivity contribution in [2.24, 2.45) is 0 Å². The van der Waals surface area contributed by atoms with Crippen molar-refractivity contribution in [2.75, 3.05) is 0 Å². The summed E-state index contributed by atoms with van der Waals surface area (Å²) in [6.45, 7) is 0. The molecule has 72 valence electrons. The van der Waals surface area contributed by atoms with Crippen LogP contribution in [0.4, 0.5) is 13.2 Å². The van der Waals surface area contributed by atoms with Crippen LogP contribution in [0.25, 0.3) is 0 Å². The van der Waals surface area contributed by atoms with Crippen molar-refractivity contribution in [3.63, 3.8) is 0 Å². The minimum atomic E-state index is -4.33. The fourth-order valence-electron chi connectivity index (χ4n) is 0.783. The first-order chi connectivity index (χ1) is 5.93. The van der Waals surface area contributed by atoms with Gasteiger partial charge in [0.15, 0.2) is 0 Å². The molecule has 0 aromatic carbocycles. The zero-order valence-corrected chi connectivity index (χ0v) is 9.11. The average molecular weight is 321 g/mol. The molecule has 0 atom stereocenters. The standard InChI is InChI=1S/C7H4ClF3IN/c8-3-5-1-4(7(9,10)11)2-6(12)13-5/h1-2H,3H2. The molecular formula is C7H4ClF3IN. The summed E-state index contributed by atoms with van der Waals surface area (Å²) in [4.78, 5) is 3.82. The SMILES string of the molecule is FC(F)(F)c1cc(I)nc(CCl)c1. The van der Waals surface area contributed by atoms with Crippen LogP contribution in [0, 0.1) is 3.70 Å². The van der Waals surface area contributed by atoms with Crippen molar-refractivity contribution in [3.8, 4) is 0 Å². The fourth-order valence-corrected chi connectivity index (χ4v) is 1.57. The maximum atomic E-state index is 12.2. The molecule has 1 aromatic rings. The Bertz CT molecular complexity index is 313. The first-order valence-electron chi connectivity index (χ1n) is 3.23. The Hall–Kier alpha value is -0.0400. The first kappa shape index (κ1) is 11.0. The summed E-state index contributed by atoms with van der Waals surface area (Å²) in [5, 5.41) is 0. The highest BCUT2D eigenvalue weighted by atomic mass is 127. The van der Waals surface area contributed by atoms with Gasteiger partial charge in [0.2, 0.25) is 0 Å². The number of aromatic nitrogens is 1. The molecule has 1 aromatic heterocycles. The molecule has 1 nitrogen and oxygen atoms in total. The Morgan fingerprint density at radius 2 is 2.00 bits per heavy atom. The second-order valence-electron chi connectivity index (χ2n) is 2.30. The summed E-state index contributed by atoms with van der Waals surface area (Å²) in [5.41, 5.74) is -0.469. The van der Waals surface area contributed by atoms with Gasteiger partial charge >= 0.3 is 6.18 Å². The second kappa shape index (κ2) is 4.00. The molecular weight excluding hydrogens is 317 g/mol. The third-order valence-corrected chi connectivity index (χ3v) is 2.14. The summed E-state index contributed by atoms with van der Waals surface area (Å²) < 4.78 is 36.9. The summed E-state index contributed by atoms with van der Waals surface area (Å²) in [7, 11) is 0. The van der Waals surface area contributed by atoms with E-state index in [4.69, 9.17) is 11.6 Å². The molecule has 0 saturated heterocycles. The number of halogens is 5. The van der Waals surface area contributed by atoms with Gasteiger partial charge in [-0.2, -0.15) is 13.2 Å². The van der Waals surface area contributed by atoms with Crippen LogP contribution in [-0.4, -0.2) is 4.98 Å². The van der Waals surface area contributed by atoms with E-state index in [1.54, 1.807) is 22.6 Å². The number of alkyl halides is 4. The number of rotatable bonds is 1. The van der Waals surface area contributed by atoms with E-state index in [1.807, 2.05) is 0 Å². The molecule has 0 radical (unpaired) electrons. The van der Waals surface area contributed by atoms with Crippen LogP contribution < -0.4 is 0 Å². The van der Waals surface area contributed by atoms with Crippen LogP contribution in [0.5, 0.6) is 0 Å². The quantitative estimate of drug-likeness (QED) is 0.439. The van der Waals surface area contributed by atoms with Crippen molar-refractivity contribution < 1.29 is 13.2 Å². The molecule has 0 spiro atoms. The Morgan fingerprint density at radius 3 is 2.46 bits per heavy atom. The van der Waals surface area contributed by atoms with Crippen molar-refractivity contribution >= 4 is 34.2 Å². The van der Waals surface area contributed by atoms with Gasteiger partial charge in [-0.25, -0.2) is 4.98 Å². The van der Waals surface area contributed by atoms with E-state index in [0.29, 0.717) is 3.70 Å². The summed E-state index contributed by atoms with van der Waals surface area (Å²) in [5.74, 6) is -0.0140. The van der Waals surface area contributed by atoms with Gasteiger partial charge in [0.05, 0.1) is 17.1 Å². The van der Waals surface area contributed by atoms with Crippen molar-refractivity contribution in [1.82, 2.24) is 4.98 Å². The molecule has 1 heterocycles. The third-order valence-electron chi connectivity index (χ3n) is 1.31. The van der Waals surface area contributed by atoms with E-state index < -0.39 is 11.7 Å². The molecule has 0 aliphatic carbocycles. The molecule has 0 saturated carbocycles. The highest BCUT2D eigenvalue weighted by Crippen LogP contribution is 2.30. The van der Waals surface area contributed by atoms with E-state index in [0.717, 1.165) is 12.1 Å². The lowest BCUT2D eigenvalue weighted by Crippen LogP contribution is -2.07. The smallest absolute Gasteiger partial charge is 0.246 e. The molecule has 0 bridgehead atoms. The van der Waals surface area contributed by atoms with Crippen LogP contribution in [0.15, 0.2) is 12.1 Å². The lowest BCUT2D eigenvalue weighted by molar-refractivity contribution is -0.137. The molecule has 0 amide bonds. The highest BCUT2D eigenvalue weighted by Gasteiger charge is 2.31. The summed E-state index contributed by atoms with van der Waals surface area (Å²) in [6, 6.07) is 1.94. The molecule has 0 aliphatic rings. The lowest BCUT2D eigenvalue weighted by atomic mass is 10.2. The molecule has 0 unspecified atom stereocenters. The molecule has 1 rings (SSSR count). The predicted molar refractivity (Wildman–Crippen MR) is 51.5 cm³/mol. The third kappa shape index (κ3) is 2.98. The van der Waals surface area contributed by atoms with Gasteiger partial charge in [-0.1, -0.05) is 0 Å². The van der Waals surface area contributed by atoms with Crippen molar-refractivity contribution in [1.29, 1.82) is 0 Å². The van der Waals surface area contributed by atoms with Crippen LogP contribution in [0.1, 0.15) is 11.3 Å². The van der Waals surface area contributed by atoms with E-state index >= 15 is 0 Å². The zero-order chi connectivity index (χ0) is 10.1. The van der Waals surface area contributed by atoms with Crippen molar-refractivity contribution in [3.05, 3.63) is 27.1 Å². The highest BCUT2D eigenvalue weighted by molar-refractivity contribution is 14.1. The topological polar surface area (TPSA) is 12.9 Å². The van der Waals surface area contributed by atoms with E-state index in [2.05, 4.69) is 4.98 Å². The van der Waals surface area contributed by atoms with Gasteiger partial charge in [-0.15, -0.1) is 11.6 Å². The van der Waals surface area contributed by atoms with Crippen LogP contribution in [-0.2, 0) is 12.1 Å². The van der Waals surface area contributed by atoms with Crippen LogP contribution >= 0.6 is 34.2 Å². The number of nitrogens with zero attached hydrogens (tertiary/aromatic N) is 1. The maximum absolute atomic E-state index is 12.2. The molecule has 13 heavy (non-hydrogen) atoms. The fraction of sp³-hybridized carbons (Fsp3) is 0.286. The second-order valence-corrected chi connectivity index (χ2v) is 3.67. The van der Waals surface area contributed by atoms with Gasteiger partial charge in [0, 0.05) is 0 Å². The van der Waals surface area contributed by atoms with Gasteiger partial charge in [-0.3, -0.25) is 0 Å². The summed E-state index contributed by atoms with van der Waals surface area (Å²) in [6.07, 6.45) is -4.33. The zero-order valence-electron chi connectivity index (χ0n) is 6.20. The Kier molecular flexibility index (Phi) is 3.39. The normalized spacial score (nSPS) is 11.8. The summed E-state index contributed by atoms with van der Waals surface area (Å²) >= 11 is 7.11. The first-order valence-corrected chi connectivity index (χ1v) is 4.84. The van der Waals surface area contributed by atoms with E-state index in [-0.39, 0.29) is 11.6 Å². The number of hydrogen-bond acceptors (Lipinski definition) is 1. The minimum absolute atomic E-state index is 0.0140. The average Bonchev–Trinajstić information content (AvgIpc) is 2.01. The Labute approximate surface area is 91.4 Å². The predicted octanol–water partition coefficient (Wildman–Crippen LogP) is 3.44. The van der Waals surface area contributed by atoms with E-state index in [1.165, 1.54) is 0 Å². The van der Waals surface area contributed by atoms with E-state index in [9.17, 15) is 13.2 Å². The molecule has 0 fully saturated rings. The molecule has 0 N–H and O–H groups in total. The van der Waals surface area contributed by atoms with Gasteiger partial charge in [0.25, 0.3) is 0 Å². The lowest BCUT2D eigenvalue weighted by Gasteiger charge is -2.07. The number of hydrogen-bond donors (Lipinski definition) is 0. The largest absolute Gasteiger partial charge is 0.416 e. The van der Waals surface area contributed by atoms with Gasteiger partial charge in [-0.05, 0) is 34.7 Å². The Balaban J connectivity index is 3.16. The number of pyridine rings is 1. The van der Waals surface area contributed by atoms with Crippen LogP contribution in [0.3, 0.4) is 0 Å².